The highest BCUT2D eigenvalue weighted by atomic mass is 32.1. The number of carbonyl (C=O) groups is 2. The van der Waals surface area contributed by atoms with Crippen molar-refractivity contribution in [3.05, 3.63) is 22.4 Å². The topological polar surface area (TPSA) is 49.4 Å². The van der Waals surface area contributed by atoms with Crippen molar-refractivity contribution in [1.82, 2.24) is 10.2 Å². The molecule has 1 N–H and O–H groups in total. The molecule has 0 aromatic carbocycles. The summed E-state index contributed by atoms with van der Waals surface area (Å²) >= 11 is 1.58. The Balaban J connectivity index is 2.01. The van der Waals surface area contributed by atoms with E-state index < -0.39 is 5.54 Å². The molecule has 1 aromatic heterocycles. The molecule has 0 spiro atoms. The summed E-state index contributed by atoms with van der Waals surface area (Å²) < 4.78 is 0. The number of hydrogen-bond acceptors (Lipinski definition) is 3. The summed E-state index contributed by atoms with van der Waals surface area (Å²) in [4.78, 5) is 28.0. The van der Waals surface area contributed by atoms with Crippen LogP contribution in [0.3, 0.4) is 0 Å². The van der Waals surface area contributed by atoms with E-state index in [1.807, 2.05) is 31.4 Å². The highest BCUT2D eigenvalue weighted by molar-refractivity contribution is 7.10. The molecule has 4 nitrogen and oxygen atoms in total. The van der Waals surface area contributed by atoms with Crippen molar-refractivity contribution < 1.29 is 9.59 Å². The maximum Gasteiger partial charge on any atom is 0.245 e. The van der Waals surface area contributed by atoms with Crippen LogP contribution >= 0.6 is 11.3 Å². The Morgan fingerprint density at radius 3 is 2.61 bits per heavy atom. The summed E-state index contributed by atoms with van der Waals surface area (Å²) in [6, 6.07) is 4.17. The number of thiophene rings is 1. The Kier molecular flexibility index (Phi) is 6.22. The van der Waals surface area contributed by atoms with Gasteiger partial charge in [0.25, 0.3) is 0 Å². The van der Waals surface area contributed by atoms with Gasteiger partial charge in [-0.2, -0.15) is 0 Å². The molecule has 1 aliphatic carbocycles. The minimum Gasteiger partial charge on any atom is -0.351 e. The first-order valence-corrected chi connectivity index (χ1v) is 9.45. The largest absolute Gasteiger partial charge is 0.351 e. The number of amides is 2. The van der Waals surface area contributed by atoms with Crippen molar-refractivity contribution >= 4 is 23.2 Å². The second-order valence-corrected chi connectivity index (χ2v) is 7.68. The van der Waals surface area contributed by atoms with Gasteiger partial charge in [-0.15, -0.1) is 11.3 Å². The third-order valence-electron chi connectivity index (χ3n) is 5.14. The van der Waals surface area contributed by atoms with Crippen molar-refractivity contribution in [2.24, 2.45) is 0 Å². The van der Waals surface area contributed by atoms with Crippen molar-refractivity contribution in [3.8, 4) is 0 Å². The standard InChI is InChI=1S/C18H28N2O2S/c1-4-18(2,17(22)19-14-9-6-5-7-10-14)20(3)16(21)13-15-11-8-12-23-15/h8,11-12,14H,4-7,9-10,13H2,1-3H3,(H,19,22). The Labute approximate surface area is 143 Å². The number of rotatable bonds is 6. The van der Waals surface area contributed by atoms with E-state index in [4.69, 9.17) is 0 Å². The molecule has 1 unspecified atom stereocenters. The molecule has 1 fully saturated rings. The lowest BCUT2D eigenvalue weighted by Gasteiger charge is -2.38. The molecule has 0 bridgehead atoms. The van der Waals surface area contributed by atoms with Crippen LogP contribution in [0.1, 0.15) is 57.2 Å². The normalized spacial score (nSPS) is 18.2. The zero-order chi connectivity index (χ0) is 16.9. The lowest BCUT2D eigenvalue weighted by Crippen LogP contribution is -2.59. The van der Waals surface area contributed by atoms with Gasteiger partial charge >= 0.3 is 0 Å². The number of hydrogen-bond donors (Lipinski definition) is 1. The molecule has 2 amide bonds. The zero-order valence-corrected chi connectivity index (χ0v) is 15.2. The Bertz CT molecular complexity index is 523. The van der Waals surface area contributed by atoms with Gasteiger partial charge in [0.2, 0.25) is 11.8 Å². The SMILES string of the molecule is CCC(C)(C(=O)NC1CCCCC1)N(C)C(=O)Cc1cccs1. The van der Waals surface area contributed by atoms with E-state index in [0.717, 1.165) is 17.7 Å². The lowest BCUT2D eigenvalue weighted by atomic mass is 9.91. The van der Waals surface area contributed by atoms with E-state index in [9.17, 15) is 9.59 Å². The fourth-order valence-corrected chi connectivity index (χ4v) is 3.79. The lowest BCUT2D eigenvalue weighted by molar-refractivity contribution is -0.145. The van der Waals surface area contributed by atoms with E-state index in [2.05, 4.69) is 5.32 Å². The Morgan fingerprint density at radius 1 is 1.35 bits per heavy atom. The minimum absolute atomic E-state index is 0.00408. The predicted molar refractivity (Wildman–Crippen MR) is 94.5 cm³/mol. The molecule has 0 radical (unpaired) electrons. The van der Waals surface area contributed by atoms with Crippen molar-refractivity contribution in [1.29, 1.82) is 0 Å². The van der Waals surface area contributed by atoms with E-state index in [0.29, 0.717) is 12.8 Å². The molecule has 1 atom stereocenters. The summed E-state index contributed by atoms with van der Waals surface area (Å²) in [5, 5.41) is 5.14. The van der Waals surface area contributed by atoms with Crippen LogP contribution in [-0.4, -0.2) is 35.3 Å². The van der Waals surface area contributed by atoms with Crippen molar-refractivity contribution in [2.45, 2.75) is 70.4 Å². The highest BCUT2D eigenvalue weighted by Gasteiger charge is 2.39. The number of carbonyl (C=O) groups excluding carboxylic acids is 2. The third-order valence-corrected chi connectivity index (χ3v) is 6.01. The molecule has 0 saturated heterocycles. The van der Waals surface area contributed by atoms with Crippen molar-refractivity contribution in [2.75, 3.05) is 7.05 Å². The van der Waals surface area contributed by atoms with Crippen LogP contribution in [0, 0.1) is 0 Å². The molecular weight excluding hydrogens is 308 g/mol. The van der Waals surface area contributed by atoms with E-state index in [1.54, 1.807) is 23.3 Å². The Hall–Kier alpha value is -1.36. The zero-order valence-electron chi connectivity index (χ0n) is 14.4. The first-order chi connectivity index (χ1) is 11.0. The second kappa shape index (κ2) is 7.95. The first kappa shape index (κ1) is 18.0. The number of nitrogens with zero attached hydrogens (tertiary/aromatic N) is 1. The number of nitrogens with one attached hydrogen (secondary N) is 1. The molecule has 128 valence electrons. The van der Waals surface area contributed by atoms with E-state index >= 15 is 0 Å². The van der Waals surface area contributed by atoms with Gasteiger partial charge in [0.1, 0.15) is 5.54 Å². The smallest absolute Gasteiger partial charge is 0.245 e. The van der Waals surface area contributed by atoms with E-state index in [1.165, 1.54) is 19.3 Å². The summed E-state index contributed by atoms with van der Waals surface area (Å²) in [7, 11) is 1.75. The van der Waals surface area contributed by atoms with Crippen molar-refractivity contribution in [3.63, 3.8) is 0 Å². The molecule has 1 saturated carbocycles. The summed E-state index contributed by atoms with van der Waals surface area (Å²) in [6.45, 7) is 3.84. The third kappa shape index (κ3) is 4.34. The minimum atomic E-state index is -0.786. The Morgan fingerprint density at radius 2 is 2.04 bits per heavy atom. The molecule has 1 aromatic rings. The van der Waals surface area contributed by atoms with Crippen LogP contribution in [-0.2, 0) is 16.0 Å². The molecule has 2 rings (SSSR count). The molecule has 1 heterocycles. The molecule has 23 heavy (non-hydrogen) atoms. The maximum atomic E-state index is 12.8. The summed E-state index contributed by atoms with van der Waals surface area (Å²) in [5.41, 5.74) is -0.786. The number of likely N-dealkylation sites (N-methyl/N-ethyl adjacent to an activating group) is 1. The van der Waals surface area contributed by atoms with Crippen LogP contribution in [0.15, 0.2) is 17.5 Å². The van der Waals surface area contributed by atoms with Crippen LogP contribution < -0.4 is 5.32 Å². The van der Waals surface area contributed by atoms with Gasteiger partial charge in [-0.25, -0.2) is 0 Å². The quantitative estimate of drug-likeness (QED) is 0.866. The highest BCUT2D eigenvalue weighted by Crippen LogP contribution is 2.23. The maximum absolute atomic E-state index is 12.8. The molecular formula is C18H28N2O2S. The second-order valence-electron chi connectivity index (χ2n) is 6.64. The summed E-state index contributed by atoms with van der Waals surface area (Å²) in [5.74, 6) is -0.0236. The van der Waals surface area contributed by atoms with Gasteiger partial charge in [0.05, 0.1) is 6.42 Å². The van der Waals surface area contributed by atoms with E-state index in [-0.39, 0.29) is 17.9 Å². The van der Waals surface area contributed by atoms with Crippen LogP contribution in [0.25, 0.3) is 0 Å². The molecule has 1 aliphatic rings. The average molecular weight is 337 g/mol. The van der Waals surface area contributed by atoms with Crippen LogP contribution in [0.4, 0.5) is 0 Å². The fourth-order valence-electron chi connectivity index (χ4n) is 3.09. The van der Waals surface area contributed by atoms with Gasteiger partial charge in [-0.3, -0.25) is 9.59 Å². The first-order valence-electron chi connectivity index (χ1n) is 8.57. The van der Waals surface area contributed by atoms with Gasteiger partial charge in [0.15, 0.2) is 0 Å². The fraction of sp³-hybridized carbons (Fsp3) is 0.667. The monoisotopic (exact) mass is 336 g/mol. The molecule has 0 aliphatic heterocycles. The van der Waals surface area contributed by atoms with Gasteiger partial charge < -0.3 is 10.2 Å². The molecule has 5 heteroatoms. The predicted octanol–water partition coefficient (Wildman–Crippen LogP) is 3.37. The van der Waals surface area contributed by atoms with Crippen LogP contribution in [0.5, 0.6) is 0 Å². The van der Waals surface area contributed by atoms with Gasteiger partial charge in [0, 0.05) is 18.0 Å². The summed E-state index contributed by atoms with van der Waals surface area (Å²) in [6.07, 6.45) is 6.70. The van der Waals surface area contributed by atoms with Gasteiger partial charge in [-0.05, 0) is 37.6 Å². The van der Waals surface area contributed by atoms with Crippen LogP contribution in [0.2, 0.25) is 0 Å². The average Bonchev–Trinajstić information content (AvgIpc) is 3.07. The van der Waals surface area contributed by atoms with Gasteiger partial charge in [-0.1, -0.05) is 32.3 Å².